The Morgan fingerprint density at radius 1 is 1.28 bits per heavy atom. The van der Waals surface area contributed by atoms with E-state index >= 15 is 0 Å². The van der Waals surface area contributed by atoms with Gasteiger partial charge in [0.2, 0.25) is 5.91 Å². The fourth-order valence-corrected chi connectivity index (χ4v) is 2.30. The van der Waals surface area contributed by atoms with Crippen molar-refractivity contribution in [3.63, 3.8) is 0 Å². The van der Waals surface area contributed by atoms with E-state index in [4.69, 9.17) is 14.6 Å². The van der Waals surface area contributed by atoms with Gasteiger partial charge in [-0.3, -0.25) is 9.59 Å². The van der Waals surface area contributed by atoms with Gasteiger partial charge in [0.05, 0.1) is 18.6 Å². The van der Waals surface area contributed by atoms with Crippen molar-refractivity contribution < 1.29 is 24.2 Å². The standard InChI is InChI=1S/C12H19NO5/c14-11(8-18-10-3-6-17-7-10)13-4-1-9(2-5-13)12(15)16/h9-10H,1-8H2,(H,15,16). The second-order valence-corrected chi connectivity index (χ2v) is 4.79. The monoisotopic (exact) mass is 257 g/mol. The zero-order chi connectivity index (χ0) is 13.0. The highest BCUT2D eigenvalue weighted by molar-refractivity contribution is 5.78. The van der Waals surface area contributed by atoms with Gasteiger partial charge in [0.1, 0.15) is 6.61 Å². The van der Waals surface area contributed by atoms with E-state index in [1.165, 1.54) is 0 Å². The van der Waals surface area contributed by atoms with Gasteiger partial charge < -0.3 is 19.5 Å². The van der Waals surface area contributed by atoms with Gasteiger partial charge >= 0.3 is 5.97 Å². The number of hydrogen-bond acceptors (Lipinski definition) is 4. The summed E-state index contributed by atoms with van der Waals surface area (Å²) < 4.78 is 10.6. The molecule has 2 aliphatic rings. The number of carbonyl (C=O) groups excluding carboxylic acids is 1. The number of aliphatic carboxylic acids is 1. The van der Waals surface area contributed by atoms with Crippen molar-refractivity contribution >= 4 is 11.9 Å². The predicted octanol–water partition coefficient (Wildman–Crippen LogP) is 0.115. The SMILES string of the molecule is O=C(O)C1CCN(C(=O)COC2CCOC2)CC1. The first-order valence-corrected chi connectivity index (χ1v) is 6.36. The maximum Gasteiger partial charge on any atom is 0.306 e. The van der Waals surface area contributed by atoms with Crippen LogP contribution in [0.5, 0.6) is 0 Å². The Kier molecular flexibility index (Phi) is 4.54. The maximum absolute atomic E-state index is 11.8. The highest BCUT2D eigenvalue weighted by atomic mass is 16.5. The number of nitrogens with zero attached hydrogens (tertiary/aromatic N) is 1. The van der Waals surface area contributed by atoms with Gasteiger partial charge in [-0.2, -0.15) is 0 Å². The number of carboxylic acids is 1. The molecule has 1 unspecified atom stereocenters. The fraction of sp³-hybridized carbons (Fsp3) is 0.833. The normalized spacial score (nSPS) is 25.3. The molecular weight excluding hydrogens is 238 g/mol. The van der Waals surface area contributed by atoms with Crippen molar-refractivity contribution in [2.45, 2.75) is 25.4 Å². The molecular formula is C12H19NO5. The van der Waals surface area contributed by atoms with E-state index in [0.717, 1.165) is 6.42 Å². The van der Waals surface area contributed by atoms with Crippen molar-refractivity contribution in [1.82, 2.24) is 4.90 Å². The molecule has 1 N–H and O–H groups in total. The topological polar surface area (TPSA) is 76.1 Å². The van der Waals surface area contributed by atoms with Crippen LogP contribution in [0.4, 0.5) is 0 Å². The minimum Gasteiger partial charge on any atom is -0.481 e. The average molecular weight is 257 g/mol. The maximum atomic E-state index is 11.8. The Balaban J connectivity index is 1.68. The summed E-state index contributed by atoms with van der Waals surface area (Å²) in [4.78, 5) is 24.3. The lowest BCUT2D eigenvalue weighted by molar-refractivity contribution is -0.147. The Morgan fingerprint density at radius 3 is 2.56 bits per heavy atom. The molecule has 0 spiro atoms. The number of rotatable bonds is 4. The lowest BCUT2D eigenvalue weighted by Gasteiger charge is -2.30. The number of hydrogen-bond donors (Lipinski definition) is 1. The molecule has 0 aliphatic carbocycles. The molecule has 2 saturated heterocycles. The smallest absolute Gasteiger partial charge is 0.306 e. The Bertz CT molecular complexity index is 306. The van der Waals surface area contributed by atoms with Crippen LogP contribution in [0.25, 0.3) is 0 Å². The van der Waals surface area contributed by atoms with Crippen LogP contribution in [-0.2, 0) is 19.1 Å². The Labute approximate surface area is 106 Å². The van der Waals surface area contributed by atoms with Gasteiger partial charge in [0.15, 0.2) is 0 Å². The highest BCUT2D eigenvalue weighted by Crippen LogP contribution is 2.17. The van der Waals surface area contributed by atoms with Crippen LogP contribution in [0.15, 0.2) is 0 Å². The zero-order valence-corrected chi connectivity index (χ0v) is 10.3. The van der Waals surface area contributed by atoms with E-state index in [9.17, 15) is 9.59 Å². The Hall–Kier alpha value is -1.14. The molecule has 0 radical (unpaired) electrons. The minimum atomic E-state index is -0.763. The first-order chi connectivity index (χ1) is 8.66. The summed E-state index contributed by atoms with van der Waals surface area (Å²) >= 11 is 0. The van der Waals surface area contributed by atoms with Gasteiger partial charge in [-0.25, -0.2) is 0 Å². The van der Waals surface area contributed by atoms with Crippen LogP contribution in [0.2, 0.25) is 0 Å². The van der Waals surface area contributed by atoms with E-state index in [0.29, 0.717) is 39.1 Å². The number of piperidine rings is 1. The molecule has 0 aromatic heterocycles. The zero-order valence-electron chi connectivity index (χ0n) is 10.3. The van der Waals surface area contributed by atoms with Gasteiger partial charge in [0, 0.05) is 19.7 Å². The largest absolute Gasteiger partial charge is 0.481 e. The third-order valence-electron chi connectivity index (χ3n) is 3.53. The Morgan fingerprint density at radius 2 is 2.00 bits per heavy atom. The van der Waals surface area contributed by atoms with Crippen LogP contribution in [0, 0.1) is 5.92 Å². The van der Waals surface area contributed by atoms with Crippen molar-refractivity contribution in [3.05, 3.63) is 0 Å². The summed E-state index contributed by atoms with van der Waals surface area (Å²) in [5, 5.41) is 8.87. The number of ether oxygens (including phenoxy) is 2. The molecule has 6 nitrogen and oxygen atoms in total. The van der Waals surface area contributed by atoms with E-state index in [1.54, 1.807) is 4.90 Å². The van der Waals surface area contributed by atoms with Gasteiger partial charge in [-0.1, -0.05) is 0 Å². The molecule has 102 valence electrons. The fourth-order valence-electron chi connectivity index (χ4n) is 2.30. The van der Waals surface area contributed by atoms with E-state index in [2.05, 4.69) is 0 Å². The number of carbonyl (C=O) groups is 2. The summed E-state index contributed by atoms with van der Waals surface area (Å²) in [6.45, 7) is 2.36. The van der Waals surface area contributed by atoms with Crippen LogP contribution in [0.3, 0.4) is 0 Å². The van der Waals surface area contributed by atoms with Gasteiger partial charge in [-0.15, -0.1) is 0 Å². The number of amides is 1. The third-order valence-corrected chi connectivity index (χ3v) is 3.53. The highest BCUT2D eigenvalue weighted by Gasteiger charge is 2.27. The molecule has 2 fully saturated rings. The van der Waals surface area contributed by atoms with Crippen LogP contribution in [0.1, 0.15) is 19.3 Å². The van der Waals surface area contributed by atoms with Crippen LogP contribution < -0.4 is 0 Å². The molecule has 2 aliphatic heterocycles. The summed E-state index contributed by atoms with van der Waals surface area (Å²) in [5.74, 6) is -1.12. The third kappa shape index (κ3) is 3.43. The molecule has 6 heteroatoms. The first kappa shape index (κ1) is 13.3. The lowest BCUT2D eigenvalue weighted by Crippen LogP contribution is -2.42. The molecule has 0 saturated carbocycles. The van der Waals surface area contributed by atoms with Crippen molar-refractivity contribution in [3.8, 4) is 0 Å². The van der Waals surface area contributed by atoms with Crippen LogP contribution >= 0.6 is 0 Å². The average Bonchev–Trinajstić information content (AvgIpc) is 2.89. The van der Waals surface area contributed by atoms with Crippen molar-refractivity contribution in [2.24, 2.45) is 5.92 Å². The molecule has 1 atom stereocenters. The summed E-state index contributed by atoms with van der Waals surface area (Å²) in [6, 6.07) is 0. The summed E-state index contributed by atoms with van der Waals surface area (Å²) in [5.41, 5.74) is 0. The van der Waals surface area contributed by atoms with E-state index in [-0.39, 0.29) is 24.5 Å². The summed E-state index contributed by atoms with van der Waals surface area (Å²) in [7, 11) is 0. The molecule has 1 amide bonds. The van der Waals surface area contributed by atoms with Gasteiger partial charge in [0.25, 0.3) is 0 Å². The number of likely N-dealkylation sites (tertiary alicyclic amines) is 1. The molecule has 2 heterocycles. The van der Waals surface area contributed by atoms with Crippen molar-refractivity contribution in [1.29, 1.82) is 0 Å². The summed E-state index contributed by atoms with van der Waals surface area (Å²) in [6.07, 6.45) is 1.95. The lowest BCUT2D eigenvalue weighted by atomic mass is 9.97. The second kappa shape index (κ2) is 6.15. The van der Waals surface area contributed by atoms with Gasteiger partial charge in [-0.05, 0) is 19.3 Å². The van der Waals surface area contributed by atoms with E-state index in [1.807, 2.05) is 0 Å². The second-order valence-electron chi connectivity index (χ2n) is 4.79. The number of carboxylic acid groups (broad SMARTS) is 1. The molecule has 18 heavy (non-hydrogen) atoms. The van der Waals surface area contributed by atoms with Crippen LogP contribution in [-0.4, -0.2) is 60.9 Å². The van der Waals surface area contributed by atoms with Crippen molar-refractivity contribution in [2.75, 3.05) is 32.9 Å². The first-order valence-electron chi connectivity index (χ1n) is 6.36. The molecule has 0 bridgehead atoms. The quantitative estimate of drug-likeness (QED) is 0.774. The molecule has 0 aromatic carbocycles. The predicted molar refractivity (Wildman–Crippen MR) is 62.1 cm³/mol. The molecule has 0 aromatic rings. The molecule has 2 rings (SSSR count). The van der Waals surface area contributed by atoms with E-state index < -0.39 is 5.97 Å². The minimum absolute atomic E-state index is 0.0329.